The molecule has 0 spiro atoms. The lowest BCUT2D eigenvalue weighted by atomic mass is 10.1. The molecule has 0 unspecified atom stereocenters. The molecule has 0 saturated carbocycles. The third-order valence-corrected chi connectivity index (χ3v) is 6.65. The molecule has 1 amide bonds. The number of aromatic nitrogens is 2. The zero-order chi connectivity index (χ0) is 22.3. The van der Waals surface area contributed by atoms with Gasteiger partial charge in [-0.3, -0.25) is 14.8 Å². The number of benzene rings is 1. The predicted molar refractivity (Wildman–Crippen MR) is 126 cm³/mol. The summed E-state index contributed by atoms with van der Waals surface area (Å²) < 4.78 is 0. The van der Waals surface area contributed by atoms with Gasteiger partial charge in [0.25, 0.3) is 0 Å². The number of carbonyl (C=O) groups is 2. The lowest BCUT2D eigenvalue weighted by molar-refractivity contribution is -0.118. The topological polar surface area (TPSA) is 104 Å². The van der Waals surface area contributed by atoms with Crippen molar-refractivity contribution in [2.45, 2.75) is 19.0 Å². The van der Waals surface area contributed by atoms with E-state index in [1.807, 2.05) is 30.3 Å². The van der Waals surface area contributed by atoms with E-state index in [1.54, 1.807) is 42.3 Å². The van der Waals surface area contributed by atoms with Gasteiger partial charge in [0, 0.05) is 34.9 Å². The van der Waals surface area contributed by atoms with Crippen LogP contribution in [0, 0.1) is 0 Å². The van der Waals surface area contributed by atoms with E-state index in [2.05, 4.69) is 20.6 Å². The van der Waals surface area contributed by atoms with Crippen molar-refractivity contribution in [2.24, 2.45) is 0 Å². The summed E-state index contributed by atoms with van der Waals surface area (Å²) in [7, 11) is 0. The van der Waals surface area contributed by atoms with Crippen molar-refractivity contribution < 1.29 is 14.7 Å². The summed E-state index contributed by atoms with van der Waals surface area (Å²) in [5, 5.41) is 16.1. The summed E-state index contributed by atoms with van der Waals surface area (Å²) in [6.07, 6.45) is 5.52. The Kier molecular flexibility index (Phi) is 7.00. The van der Waals surface area contributed by atoms with Crippen LogP contribution in [0.1, 0.15) is 20.8 Å². The van der Waals surface area contributed by atoms with Gasteiger partial charge >= 0.3 is 5.97 Å². The molecule has 3 N–H and O–H groups in total. The number of thiophene rings is 1. The van der Waals surface area contributed by atoms with Crippen molar-refractivity contribution in [1.82, 2.24) is 15.3 Å². The van der Waals surface area contributed by atoms with Crippen LogP contribution < -0.4 is 10.6 Å². The van der Waals surface area contributed by atoms with Crippen LogP contribution in [0.15, 0.2) is 72.6 Å². The minimum Gasteiger partial charge on any atom is -0.478 e. The third-order valence-electron chi connectivity index (χ3n) is 4.77. The first-order valence-corrected chi connectivity index (χ1v) is 11.5. The third kappa shape index (κ3) is 5.44. The average molecular weight is 465 g/mol. The lowest BCUT2D eigenvalue weighted by Gasteiger charge is -2.18. The molecule has 0 aliphatic rings. The fourth-order valence-corrected chi connectivity index (χ4v) is 4.76. The van der Waals surface area contributed by atoms with Gasteiger partial charge in [-0.1, -0.05) is 30.3 Å². The van der Waals surface area contributed by atoms with Crippen LogP contribution in [0.5, 0.6) is 0 Å². The van der Waals surface area contributed by atoms with E-state index in [9.17, 15) is 14.7 Å². The maximum atomic E-state index is 13.2. The number of amides is 1. The van der Waals surface area contributed by atoms with Crippen molar-refractivity contribution in [2.75, 3.05) is 5.32 Å². The lowest BCUT2D eigenvalue weighted by Crippen LogP contribution is -2.41. The van der Waals surface area contributed by atoms with Gasteiger partial charge in [0.05, 0.1) is 17.1 Å². The molecule has 1 aromatic carbocycles. The van der Waals surface area contributed by atoms with Gasteiger partial charge in [0.15, 0.2) is 0 Å². The van der Waals surface area contributed by atoms with Crippen LogP contribution >= 0.6 is 22.7 Å². The molecule has 162 valence electrons. The van der Waals surface area contributed by atoms with Crippen molar-refractivity contribution >= 4 is 39.6 Å². The zero-order valence-electron chi connectivity index (χ0n) is 16.9. The molecule has 7 nitrogen and oxygen atoms in total. The number of anilines is 1. The summed E-state index contributed by atoms with van der Waals surface area (Å²) in [6, 6.07) is 14.3. The van der Waals surface area contributed by atoms with E-state index in [0.29, 0.717) is 18.0 Å². The maximum absolute atomic E-state index is 13.2. The van der Waals surface area contributed by atoms with Crippen LogP contribution in [0.2, 0.25) is 0 Å². The van der Waals surface area contributed by atoms with Crippen molar-refractivity contribution in [1.29, 1.82) is 0 Å². The Morgan fingerprint density at radius 3 is 2.53 bits per heavy atom. The van der Waals surface area contributed by atoms with Gasteiger partial charge in [0.1, 0.15) is 5.00 Å². The van der Waals surface area contributed by atoms with Gasteiger partial charge in [-0.25, -0.2) is 4.79 Å². The van der Waals surface area contributed by atoms with Gasteiger partial charge in [-0.2, -0.15) is 0 Å². The first-order chi connectivity index (χ1) is 15.6. The molecule has 0 bridgehead atoms. The number of carboxylic acids is 1. The summed E-state index contributed by atoms with van der Waals surface area (Å²) in [6.45, 7) is 0.494. The molecule has 3 aromatic heterocycles. The first kappa shape index (κ1) is 21.8. The van der Waals surface area contributed by atoms with E-state index in [1.165, 1.54) is 22.7 Å². The number of carbonyl (C=O) groups excluding carboxylic acids is 1. The molecule has 32 heavy (non-hydrogen) atoms. The van der Waals surface area contributed by atoms with Gasteiger partial charge in [0.2, 0.25) is 5.91 Å². The molecule has 0 aliphatic carbocycles. The minimum atomic E-state index is -1.09. The minimum absolute atomic E-state index is 0.0658. The molecular formula is C23H20N4O3S2. The SMILES string of the molecule is O=C(O)c1cc(-c2ccncc2)sc1NC(=O)[C@H](Cc1ccccc1)NCc1cncs1. The molecule has 4 rings (SSSR count). The predicted octanol–water partition coefficient (Wildman–Crippen LogP) is 4.30. The number of aromatic carboxylic acids is 1. The summed E-state index contributed by atoms with van der Waals surface area (Å²) in [5.74, 6) is -1.38. The Hall–Kier alpha value is -3.40. The van der Waals surface area contributed by atoms with Crippen LogP contribution in [-0.4, -0.2) is 33.0 Å². The maximum Gasteiger partial charge on any atom is 0.338 e. The number of hydrogen-bond acceptors (Lipinski definition) is 7. The fraction of sp³-hybridized carbons (Fsp3) is 0.130. The number of rotatable bonds is 9. The first-order valence-electron chi connectivity index (χ1n) is 9.83. The Balaban J connectivity index is 1.56. The molecule has 0 aliphatic heterocycles. The summed E-state index contributed by atoms with van der Waals surface area (Å²) in [5.41, 5.74) is 3.66. The molecule has 1 atom stereocenters. The van der Waals surface area contributed by atoms with Crippen molar-refractivity contribution in [3.05, 3.63) is 88.6 Å². The zero-order valence-corrected chi connectivity index (χ0v) is 18.5. The summed E-state index contributed by atoms with van der Waals surface area (Å²) in [4.78, 5) is 34.9. The van der Waals surface area contributed by atoms with Crippen LogP contribution in [-0.2, 0) is 17.8 Å². The molecule has 3 heterocycles. The van der Waals surface area contributed by atoms with E-state index in [0.717, 1.165) is 20.9 Å². The number of nitrogens with zero attached hydrogens (tertiary/aromatic N) is 2. The molecular weight excluding hydrogens is 444 g/mol. The second kappa shape index (κ2) is 10.3. The normalized spacial score (nSPS) is 11.8. The summed E-state index contributed by atoms with van der Waals surface area (Å²) >= 11 is 2.74. The number of thiazole rings is 1. The van der Waals surface area contributed by atoms with Crippen LogP contribution in [0.4, 0.5) is 5.00 Å². The Bertz CT molecular complexity index is 1180. The largest absolute Gasteiger partial charge is 0.478 e. The van der Waals surface area contributed by atoms with E-state index >= 15 is 0 Å². The highest BCUT2D eigenvalue weighted by atomic mass is 32.1. The standard InChI is InChI=1S/C23H20N4O3S2/c28-21(19(10-15-4-2-1-3-5-15)26-13-17-12-25-14-31-17)27-22-18(23(29)30)11-20(32-22)16-6-8-24-9-7-16/h1-9,11-12,14,19,26H,10,13H2,(H,27,28)(H,29,30)/t19-/m0/s1. The van der Waals surface area contributed by atoms with Crippen molar-refractivity contribution in [3.63, 3.8) is 0 Å². The molecule has 0 saturated heterocycles. The van der Waals surface area contributed by atoms with E-state index in [-0.39, 0.29) is 11.5 Å². The number of nitrogens with one attached hydrogen (secondary N) is 2. The average Bonchev–Trinajstić information content (AvgIpc) is 3.48. The Labute approximate surface area is 192 Å². The second-order valence-electron chi connectivity index (χ2n) is 6.97. The van der Waals surface area contributed by atoms with E-state index in [4.69, 9.17) is 0 Å². The highest BCUT2D eigenvalue weighted by Crippen LogP contribution is 2.35. The molecule has 0 radical (unpaired) electrons. The molecule has 0 fully saturated rings. The molecule has 9 heteroatoms. The van der Waals surface area contributed by atoms with Gasteiger partial charge < -0.3 is 15.7 Å². The Morgan fingerprint density at radius 1 is 1.06 bits per heavy atom. The Morgan fingerprint density at radius 2 is 1.84 bits per heavy atom. The quantitative estimate of drug-likeness (QED) is 0.341. The monoisotopic (exact) mass is 464 g/mol. The smallest absolute Gasteiger partial charge is 0.338 e. The number of carboxylic acid groups (broad SMARTS) is 1. The van der Waals surface area contributed by atoms with Crippen LogP contribution in [0.25, 0.3) is 10.4 Å². The van der Waals surface area contributed by atoms with Gasteiger partial charge in [-0.15, -0.1) is 22.7 Å². The van der Waals surface area contributed by atoms with Crippen molar-refractivity contribution in [3.8, 4) is 10.4 Å². The van der Waals surface area contributed by atoms with Gasteiger partial charge in [-0.05, 0) is 35.7 Å². The fourth-order valence-electron chi connectivity index (χ4n) is 3.16. The highest BCUT2D eigenvalue weighted by molar-refractivity contribution is 7.20. The number of pyridine rings is 1. The second-order valence-corrected chi connectivity index (χ2v) is 9.00. The van der Waals surface area contributed by atoms with E-state index < -0.39 is 12.0 Å². The molecule has 4 aromatic rings. The van der Waals surface area contributed by atoms with Crippen LogP contribution in [0.3, 0.4) is 0 Å². The highest BCUT2D eigenvalue weighted by Gasteiger charge is 2.23. The number of hydrogen-bond donors (Lipinski definition) is 3.